The Morgan fingerprint density at radius 3 is 2.70 bits per heavy atom. The van der Waals surface area contributed by atoms with Crippen molar-refractivity contribution in [3.8, 4) is 11.3 Å². The number of amides is 1. The summed E-state index contributed by atoms with van der Waals surface area (Å²) in [7, 11) is 0. The second-order valence-corrected chi connectivity index (χ2v) is 5.54. The van der Waals surface area contributed by atoms with Gasteiger partial charge in [-0.1, -0.05) is 0 Å². The minimum Gasteiger partial charge on any atom is -0.335 e. The van der Waals surface area contributed by atoms with Crippen LogP contribution in [0.15, 0.2) is 30.7 Å². The van der Waals surface area contributed by atoms with Crippen molar-refractivity contribution in [3.63, 3.8) is 0 Å². The van der Waals surface area contributed by atoms with Crippen molar-refractivity contribution in [3.05, 3.63) is 36.3 Å². The smallest absolute Gasteiger partial charge is 0.257 e. The molecule has 6 nitrogen and oxygen atoms in total. The Morgan fingerprint density at radius 2 is 2.09 bits per heavy atom. The number of aromatic nitrogens is 3. The zero-order valence-electron chi connectivity index (χ0n) is 12.8. The van der Waals surface area contributed by atoms with E-state index in [0.717, 1.165) is 24.2 Å². The molecule has 1 saturated heterocycles. The number of likely N-dealkylation sites (tertiary alicyclic amines) is 1. The Hall–Kier alpha value is -1.63. The number of aromatic amines is 1. The van der Waals surface area contributed by atoms with Crippen molar-refractivity contribution in [1.82, 2.24) is 20.1 Å². The second-order valence-electron chi connectivity index (χ2n) is 5.54. The van der Waals surface area contributed by atoms with Gasteiger partial charge in [0.15, 0.2) is 0 Å². The molecule has 0 aromatic carbocycles. The average Bonchev–Trinajstić information content (AvgIpc) is 3.14. The predicted octanol–water partition coefficient (Wildman–Crippen LogP) is 2.12. The molecule has 0 spiro atoms. The van der Waals surface area contributed by atoms with Gasteiger partial charge in [0.1, 0.15) is 0 Å². The fourth-order valence-corrected chi connectivity index (χ4v) is 2.94. The third kappa shape index (κ3) is 3.83. The fraction of sp³-hybridized carbons (Fsp3) is 0.400. The lowest BCUT2D eigenvalue weighted by Crippen LogP contribution is -2.34. The third-order valence-corrected chi connectivity index (χ3v) is 4.09. The Balaban J connectivity index is 0.00000132. The summed E-state index contributed by atoms with van der Waals surface area (Å²) < 4.78 is 0. The molecule has 0 bridgehead atoms. The van der Waals surface area contributed by atoms with Crippen LogP contribution in [0.25, 0.3) is 11.3 Å². The summed E-state index contributed by atoms with van der Waals surface area (Å²) in [6.07, 6.45) is 5.96. The van der Waals surface area contributed by atoms with Crippen LogP contribution in [0.2, 0.25) is 0 Å². The largest absolute Gasteiger partial charge is 0.335 e. The van der Waals surface area contributed by atoms with Gasteiger partial charge in [0.2, 0.25) is 0 Å². The monoisotopic (exact) mass is 357 g/mol. The maximum absolute atomic E-state index is 12.8. The topological polar surface area (TPSA) is 87.9 Å². The van der Waals surface area contributed by atoms with Gasteiger partial charge in [0.05, 0.1) is 17.5 Å². The van der Waals surface area contributed by atoms with Crippen LogP contribution in [0.1, 0.15) is 23.7 Å². The minimum atomic E-state index is 0. The summed E-state index contributed by atoms with van der Waals surface area (Å²) in [5.74, 6) is 0.402. The second kappa shape index (κ2) is 8.29. The molecule has 2 atom stereocenters. The molecule has 2 aromatic heterocycles. The number of nitrogens with zero attached hydrogens (tertiary/aromatic N) is 3. The van der Waals surface area contributed by atoms with Gasteiger partial charge in [0.25, 0.3) is 5.91 Å². The number of nitrogens with two attached hydrogens (primary N) is 1. The highest BCUT2D eigenvalue weighted by Gasteiger charge is 2.33. The van der Waals surface area contributed by atoms with E-state index in [1.165, 1.54) is 0 Å². The van der Waals surface area contributed by atoms with Crippen molar-refractivity contribution >= 4 is 30.7 Å². The van der Waals surface area contributed by atoms with E-state index in [9.17, 15) is 4.79 Å². The summed E-state index contributed by atoms with van der Waals surface area (Å²) in [5.41, 5.74) is 7.99. The highest BCUT2D eigenvalue weighted by molar-refractivity contribution is 6.00. The molecule has 3 heterocycles. The zero-order valence-corrected chi connectivity index (χ0v) is 14.4. The van der Waals surface area contributed by atoms with E-state index in [0.29, 0.717) is 18.0 Å². The van der Waals surface area contributed by atoms with Crippen molar-refractivity contribution in [2.24, 2.45) is 11.7 Å². The third-order valence-electron chi connectivity index (χ3n) is 4.09. The number of nitrogens with one attached hydrogen (secondary N) is 1. The summed E-state index contributed by atoms with van der Waals surface area (Å²) in [4.78, 5) is 18.7. The van der Waals surface area contributed by atoms with E-state index in [-0.39, 0.29) is 36.8 Å². The molecular weight excluding hydrogens is 337 g/mol. The van der Waals surface area contributed by atoms with E-state index in [2.05, 4.69) is 22.1 Å². The highest BCUT2D eigenvalue weighted by atomic mass is 35.5. The van der Waals surface area contributed by atoms with Gasteiger partial charge in [-0.2, -0.15) is 5.10 Å². The Morgan fingerprint density at radius 1 is 1.39 bits per heavy atom. The molecule has 1 fully saturated rings. The molecule has 0 aliphatic carbocycles. The number of H-pyrrole nitrogens is 1. The molecule has 1 aliphatic heterocycles. The SMILES string of the molecule is CC1CC(CN)CN1C(=O)c1cn[nH]c1-c1ccncc1.Cl.Cl. The van der Waals surface area contributed by atoms with Gasteiger partial charge in [-0.15, -0.1) is 24.8 Å². The lowest BCUT2D eigenvalue weighted by molar-refractivity contribution is 0.0744. The zero-order chi connectivity index (χ0) is 14.8. The van der Waals surface area contributed by atoms with E-state index >= 15 is 0 Å². The first-order valence-corrected chi connectivity index (χ1v) is 7.15. The molecule has 0 saturated carbocycles. The van der Waals surface area contributed by atoms with Crippen molar-refractivity contribution in [2.75, 3.05) is 13.1 Å². The van der Waals surface area contributed by atoms with E-state index in [1.54, 1.807) is 18.6 Å². The van der Waals surface area contributed by atoms with E-state index in [4.69, 9.17) is 5.73 Å². The lowest BCUT2D eigenvalue weighted by Gasteiger charge is -2.21. The van der Waals surface area contributed by atoms with Crippen LogP contribution in [0, 0.1) is 5.92 Å². The predicted molar refractivity (Wildman–Crippen MR) is 94.0 cm³/mol. The van der Waals surface area contributed by atoms with Crippen LogP contribution >= 0.6 is 24.8 Å². The van der Waals surface area contributed by atoms with Gasteiger partial charge in [-0.3, -0.25) is 14.9 Å². The van der Waals surface area contributed by atoms with E-state index < -0.39 is 0 Å². The number of pyridine rings is 1. The Kier molecular flexibility index (Phi) is 7.00. The molecule has 1 aliphatic rings. The highest BCUT2D eigenvalue weighted by Crippen LogP contribution is 2.27. The quantitative estimate of drug-likeness (QED) is 0.880. The molecule has 8 heteroatoms. The standard InChI is InChI=1S/C15H19N5O.2ClH/c1-10-6-11(7-16)9-20(10)15(21)13-8-18-19-14(13)12-2-4-17-5-3-12;;/h2-5,8,10-11H,6-7,9,16H2,1H3,(H,18,19);2*1H. The molecule has 0 radical (unpaired) electrons. The van der Waals surface area contributed by atoms with Crippen molar-refractivity contribution < 1.29 is 4.79 Å². The first-order chi connectivity index (χ1) is 10.2. The molecular formula is C15H21Cl2N5O. The molecule has 23 heavy (non-hydrogen) atoms. The summed E-state index contributed by atoms with van der Waals surface area (Å²) in [6, 6.07) is 3.94. The molecule has 2 aromatic rings. The average molecular weight is 358 g/mol. The first kappa shape index (κ1) is 19.4. The number of hydrogen-bond donors (Lipinski definition) is 2. The number of halogens is 2. The molecule has 1 amide bonds. The van der Waals surface area contributed by atoms with Crippen LogP contribution in [0.5, 0.6) is 0 Å². The van der Waals surface area contributed by atoms with Crippen LogP contribution in [0.3, 0.4) is 0 Å². The van der Waals surface area contributed by atoms with Gasteiger partial charge < -0.3 is 10.6 Å². The first-order valence-electron chi connectivity index (χ1n) is 7.15. The summed E-state index contributed by atoms with van der Waals surface area (Å²) >= 11 is 0. The van der Waals surface area contributed by atoms with Crippen LogP contribution in [0.4, 0.5) is 0 Å². The van der Waals surface area contributed by atoms with Crippen LogP contribution in [-0.4, -0.2) is 45.1 Å². The number of rotatable bonds is 3. The Bertz CT molecular complexity index is 634. The maximum Gasteiger partial charge on any atom is 0.257 e. The minimum absolute atomic E-state index is 0. The van der Waals surface area contributed by atoms with Crippen LogP contribution in [-0.2, 0) is 0 Å². The molecule has 3 rings (SSSR count). The lowest BCUT2D eigenvalue weighted by atomic mass is 10.1. The van der Waals surface area contributed by atoms with Crippen LogP contribution < -0.4 is 5.73 Å². The van der Waals surface area contributed by atoms with Gasteiger partial charge in [-0.05, 0) is 37.9 Å². The summed E-state index contributed by atoms with van der Waals surface area (Å²) in [5, 5.41) is 6.95. The normalized spacial score (nSPS) is 19.8. The Labute approximate surface area is 147 Å². The molecule has 2 unspecified atom stereocenters. The van der Waals surface area contributed by atoms with E-state index in [1.807, 2.05) is 17.0 Å². The number of hydrogen-bond acceptors (Lipinski definition) is 4. The maximum atomic E-state index is 12.8. The molecule has 3 N–H and O–H groups in total. The number of carbonyl (C=O) groups excluding carboxylic acids is 1. The van der Waals surface area contributed by atoms with Gasteiger partial charge >= 0.3 is 0 Å². The van der Waals surface area contributed by atoms with Crippen molar-refractivity contribution in [1.29, 1.82) is 0 Å². The van der Waals surface area contributed by atoms with Gasteiger partial charge in [0, 0.05) is 30.5 Å². The van der Waals surface area contributed by atoms with Gasteiger partial charge in [-0.25, -0.2) is 0 Å². The van der Waals surface area contributed by atoms with Crippen molar-refractivity contribution in [2.45, 2.75) is 19.4 Å². The fourth-order valence-electron chi connectivity index (χ4n) is 2.94. The number of carbonyl (C=O) groups is 1. The molecule has 126 valence electrons. The summed E-state index contributed by atoms with van der Waals surface area (Å²) in [6.45, 7) is 3.41.